The maximum Gasteiger partial charge on any atom is 0.416 e. The summed E-state index contributed by atoms with van der Waals surface area (Å²) < 4.78 is 72.5. The summed E-state index contributed by atoms with van der Waals surface area (Å²) in [7, 11) is -3.46. The number of primary amides is 1. The van der Waals surface area contributed by atoms with Gasteiger partial charge in [0.05, 0.1) is 23.1 Å². The summed E-state index contributed by atoms with van der Waals surface area (Å²) in [6, 6.07) is 15.2. The third-order valence-corrected chi connectivity index (χ3v) is 6.96. The number of hydrogen-bond donors (Lipinski definition) is 1. The average Bonchev–Trinajstić information content (AvgIpc) is 2.83. The van der Waals surface area contributed by atoms with Crippen LogP contribution in [0.5, 0.6) is 0 Å². The third-order valence-electron chi connectivity index (χ3n) is 5.15. The molecule has 1 amide bonds. The number of sulfonamides is 1. The molecule has 184 valence electrons. The standard InChI is InChI=1S/C24H21F3N2O5S/c1-34-23(31)18-12-10-16(11-13-18)15-29(21(22(28)30)17-6-3-2-4-7-17)35(32,33)20-9-5-8-19(14-20)24(25,26)27/h2-14,21H,15H2,1H3,(H2,28,30). The molecular weight excluding hydrogens is 485 g/mol. The summed E-state index contributed by atoms with van der Waals surface area (Å²) in [5, 5.41) is 0. The molecule has 1 unspecified atom stereocenters. The average molecular weight is 507 g/mol. The number of benzene rings is 3. The molecule has 0 aliphatic heterocycles. The van der Waals surface area contributed by atoms with Crippen LogP contribution in [0.2, 0.25) is 0 Å². The van der Waals surface area contributed by atoms with Crippen molar-refractivity contribution in [1.82, 2.24) is 4.31 Å². The van der Waals surface area contributed by atoms with Crippen LogP contribution in [0.3, 0.4) is 0 Å². The zero-order chi connectivity index (χ0) is 25.8. The molecule has 2 N–H and O–H groups in total. The van der Waals surface area contributed by atoms with E-state index in [9.17, 15) is 31.2 Å². The molecule has 0 aliphatic carbocycles. The van der Waals surface area contributed by atoms with Gasteiger partial charge in [0.2, 0.25) is 15.9 Å². The maximum absolute atomic E-state index is 13.6. The Morgan fingerprint density at radius 2 is 1.60 bits per heavy atom. The Kier molecular flexibility index (Phi) is 7.61. The Labute approximate surface area is 200 Å². The number of nitrogens with two attached hydrogens (primary N) is 1. The second-order valence-electron chi connectivity index (χ2n) is 7.48. The van der Waals surface area contributed by atoms with Crippen molar-refractivity contribution >= 4 is 21.9 Å². The van der Waals surface area contributed by atoms with E-state index in [4.69, 9.17) is 5.73 Å². The molecule has 0 bridgehead atoms. The highest BCUT2D eigenvalue weighted by atomic mass is 32.2. The largest absolute Gasteiger partial charge is 0.465 e. The molecule has 0 saturated carbocycles. The molecule has 0 aliphatic rings. The first-order chi connectivity index (χ1) is 16.4. The van der Waals surface area contributed by atoms with Crippen molar-refractivity contribution in [2.45, 2.75) is 23.7 Å². The highest BCUT2D eigenvalue weighted by Gasteiger charge is 2.38. The lowest BCUT2D eigenvalue weighted by Gasteiger charge is -2.29. The molecule has 35 heavy (non-hydrogen) atoms. The number of amides is 1. The van der Waals surface area contributed by atoms with E-state index in [-0.39, 0.29) is 11.1 Å². The molecule has 0 spiro atoms. The minimum atomic E-state index is -4.78. The number of hydrogen-bond acceptors (Lipinski definition) is 5. The highest BCUT2D eigenvalue weighted by molar-refractivity contribution is 7.89. The lowest BCUT2D eigenvalue weighted by Crippen LogP contribution is -2.41. The van der Waals surface area contributed by atoms with Gasteiger partial charge in [-0.2, -0.15) is 17.5 Å². The third kappa shape index (κ3) is 5.87. The zero-order valence-electron chi connectivity index (χ0n) is 18.4. The van der Waals surface area contributed by atoms with Crippen LogP contribution in [-0.4, -0.2) is 31.7 Å². The Morgan fingerprint density at radius 3 is 2.14 bits per heavy atom. The number of carbonyl (C=O) groups excluding carboxylic acids is 2. The Balaban J connectivity index is 2.14. The first kappa shape index (κ1) is 25.9. The van der Waals surface area contributed by atoms with Crippen molar-refractivity contribution in [2.75, 3.05) is 7.11 Å². The molecular formula is C24H21F3N2O5S. The van der Waals surface area contributed by atoms with Gasteiger partial charge in [0, 0.05) is 6.54 Å². The van der Waals surface area contributed by atoms with E-state index in [2.05, 4.69) is 4.74 Å². The number of esters is 1. The van der Waals surface area contributed by atoms with E-state index in [0.717, 1.165) is 22.5 Å². The Bertz CT molecular complexity index is 1310. The van der Waals surface area contributed by atoms with Gasteiger partial charge in [0.15, 0.2) is 0 Å². The molecule has 0 heterocycles. The van der Waals surface area contributed by atoms with E-state index in [0.29, 0.717) is 11.6 Å². The first-order valence-corrected chi connectivity index (χ1v) is 11.6. The Morgan fingerprint density at radius 1 is 0.971 bits per heavy atom. The fraction of sp³-hybridized carbons (Fsp3) is 0.167. The minimum absolute atomic E-state index is 0.207. The SMILES string of the molecule is COC(=O)c1ccc(CN(C(C(N)=O)c2ccccc2)S(=O)(=O)c2cccc(C(F)(F)F)c2)cc1. The van der Waals surface area contributed by atoms with Crippen molar-refractivity contribution in [3.63, 3.8) is 0 Å². The summed E-state index contributed by atoms with van der Waals surface area (Å²) in [5.74, 6) is -1.62. The molecule has 1 atom stereocenters. The zero-order valence-corrected chi connectivity index (χ0v) is 19.2. The van der Waals surface area contributed by atoms with Crippen LogP contribution in [-0.2, 0) is 32.3 Å². The fourth-order valence-electron chi connectivity index (χ4n) is 3.44. The van der Waals surface area contributed by atoms with Crippen molar-refractivity contribution < 1.29 is 35.9 Å². The molecule has 7 nitrogen and oxygen atoms in total. The topological polar surface area (TPSA) is 107 Å². The summed E-state index contributed by atoms with van der Waals surface area (Å²) in [6.07, 6.45) is -4.78. The molecule has 3 rings (SSSR count). The van der Waals surface area contributed by atoms with Gasteiger partial charge in [-0.15, -0.1) is 0 Å². The van der Waals surface area contributed by atoms with Gasteiger partial charge in [-0.25, -0.2) is 13.2 Å². The van der Waals surface area contributed by atoms with Crippen LogP contribution < -0.4 is 5.73 Å². The van der Waals surface area contributed by atoms with Crippen molar-refractivity contribution in [1.29, 1.82) is 0 Å². The molecule has 0 radical (unpaired) electrons. The van der Waals surface area contributed by atoms with Crippen LogP contribution in [0.25, 0.3) is 0 Å². The second kappa shape index (κ2) is 10.3. The first-order valence-electron chi connectivity index (χ1n) is 10.2. The summed E-state index contributed by atoms with van der Waals surface area (Å²) >= 11 is 0. The van der Waals surface area contributed by atoms with Crippen LogP contribution in [0.4, 0.5) is 13.2 Å². The monoisotopic (exact) mass is 506 g/mol. The molecule has 0 aromatic heterocycles. The molecule has 11 heteroatoms. The minimum Gasteiger partial charge on any atom is -0.465 e. The van der Waals surface area contributed by atoms with Crippen molar-refractivity contribution in [2.24, 2.45) is 5.73 Å². The predicted octanol–water partition coefficient (Wildman–Crippen LogP) is 3.91. The van der Waals surface area contributed by atoms with E-state index in [1.165, 1.54) is 43.5 Å². The van der Waals surface area contributed by atoms with E-state index >= 15 is 0 Å². The van der Waals surface area contributed by atoms with E-state index in [1.807, 2.05) is 0 Å². The lowest BCUT2D eigenvalue weighted by molar-refractivity contribution is -0.137. The number of rotatable bonds is 8. The van der Waals surface area contributed by atoms with E-state index in [1.54, 1.807) is 18.2 Å². The normalized spacial score (nSPS) is 12.8. The van der Waals surface area contributed by atoms with Crippen LogP contribution >= 0.6 is 0 Å². The molecule has 0 fully saturated rings. The molecule has 3 aromatic carbocycles. The number of nitrogens with zero attached hydrogens (tertiary/aromatic N) is 1. The molecule has 0 saturated heterocycles. The summed E-state index contributed by atoms with van der Waals surface area (Å²) in [4.78, 5) is 23.5. The number of halogens is 3. The van der Waals surface area contributed by atoms with Crippen molar-refractivity contribution in [3.05, 3.63) is 101 Å². The van der Waals surface area contributed by atoms with Gasteiger partial charge in [0.25, 0.3) is 0 Å². The molecule has 3 aromatic rings. The number of ether oxygens (including phenoxy) is 1. The van der Waals surface area contributed by atoms with Gasteiger partial charge in [-0.1, -0.05) is 48.5 Å². The smallest absolute Gasteiger partial charge is 0.416 e. The van der Waals surface area contributed by atoms with Crippen LogP contribution in [0.15, 0.2) is 83.8 Å². The van der Waals surface area contributed by atoms with Gasteiger partial charge >= 0.3 is 12.1 Å². The Hall–Kier alpha value is -3.70. The van der Waals surface area contributed by atoms with E-state index < -0.39 is 51.1 Å². The van der Waals surface area contributed by atoms with Crippen LogP contribution in [0.1, 0.15) is 33.1 Å². The second-order valence-corrected chi connectivity index (χ2v) is 9.37. The summed E-state index contributed by atoms with van der Waals surface area (Å²) in [6.45, 7) is -0.414. The highest BCUT2D eigenvalue weighted by Crippen LogP contribution is 2.34. The van der Waals surface area contributed by atoms with Crippen molar-refractivity contribution in [3.8, 4) is 0 Å². The van der Waals surface area contributed by atoms with Crippen LogP contribution in [0, 0.1) is 0 Å². The van der Waals surface area contributed by atoms with Gasteiger partial charge < -0.3 is 10.5 Å². The predicted molar refractivity (Wildman–Crippen MR) is 120 cm³/mol. The van der Waals surface area contributed by atoms with Gasteiger partial charge in [0.1, 0.15) is 6.04 Å². The number of methoxy groups -OCH3 is 1. The van der Waals surface area contributed by atoms with Gasteiger partial charge in [-0.3, -0.25) is 4.79 Å². The lowest BCUT2D eigenvalue weighted by atomic mass is 10.1. The number of alkyl halides is 3. The summed E-state index contributed by atoms with van der Waals surface area (Å²) in [5.41, 5.74) is 5.24. The maximum atomic E-state index is 13.6. The quantitative estimate of drug-likeness (QED) is 0.467. The fourth-order valence-corrected chi connectivity index (χ4v) is 5.05. The number of carbonyl (C=O) groups is 2. The van der Waals surface area contributed by atoms with Gasteiger partial charge in [-0.05, 0) is 41.5 Å².